The van der Waals surface area contributed by atoms with Crippen molar-refractivity contribution in [2.24, 2.45) is 5.41 Å². The van der Waals surface area contributed by atoms with E-state index in [1.165, 1.54) is 10.9 Å². The predicted molar refractivity (Wildman–Crippen MR) is 125 cm³/mol. The van der Waals surface area contributed by atoms with Crippen LogP contribution in [0.1, 0.15) is 52.0 Å². The average Bonchev–Trinajstić information content (AvgIpc) is 3.30. The Labute approximate surface area is 193 Å². The average molecular weight is 451 g/mol. The lowest BCUT2D eigenvalue weighted by Crippen LogP contribution is -2.28. The highest BCUT2D eigenvalue weighted by atomic mass is 16.5. The summed E-state index contributed by atoms with van der Waals surface area (Å²) in [7, 11) is 0. The third-order valence-electron chi connectivity index (χ3n) is 5.66. The quantitative estimate of drug-likeness (QED) is 0.479. The SMILES string of the molecule is CC(C)(C)C(=O)OCn1cnc2cc(OCc3ccccc3)cc(OC3CCCC3)c2c1=O. The monoisotopic (exact) mass is 450 g/mol. The molecule has 174 valence electrons. The maximum atomic E-state index is 13.3. The number of rotatable bonds is 7. The van der Waals surface area contributed by atoms with Crippen molar-refractivity contribution in [3.63, 3.8) is 0 Å². The molecule has 33 heavy (non-hydrogen) atoms. The van der Waals surface area contributed by atoms with E-state index >= 15 is 0 Å². The molecule has 0 amide bonds. The lowest BCUT2D eigenvalue weighted by atomic mass is 9.98. The number of carbonyl (C=O) groups is 1. The van der Waals surface area contributed by atoms with Crippen molar-refractivity contribution in [3.05, 3.63) is 64.7 Å². The van der Waals surface area contributed by atoms with E-state index in [-0.39, 0.29) is 24.4 Å². The minimum Gasteiger partial charge on any atom is -0.489 e. The van der Waals surface area contributed by atoms with Gasteiger partial charge in [-0.3, -0.25) is 14.2 Å². The lowest BCUT2D eigenvalue weighted by Gasteiger charge is -2.18. The van der Waals surface area contributed by atoms with Crippen molar-refractivity contribution in [2.75, 3.05) is 0 Å². The summed E-state index contributed by atoms with van der Waals surface area (Å²) in [5, 5.41) is 0.364. The Morgan fingerprint density at radius 2 is 1.85 bits per heavy atom. The van der Waals surface area contributed by atoms with Crippen molar-refractivity contribution in [1.29, 1.82) is 0 Å². The molecule has 1 fully saturated rings. The Kier molecular flexibility index (Phi) is 6.67. The lowest BCUT2D eigenvalue weighted by molar-refractivity contribution is -0.157. The zero-order valence-electron chi connectivity index (χ0n) is 19.4. The molecular weight excluding hydrogens is 420 g/mol. The van der Waals surface area contributed by atoms with Crippen LogP contribution in [-0.2, 0) is 22.9 Å². The maximum Gasteiger partial charge on any atom is 0.312 e. The van der Waals surface area contributed by atoms with Gasteiger partial charge in [0.05, 0.1) is 17.0 Å². The number of nitrogens with zero attached hydrogens (tertiary/aromatic N) is 2. The molecule has 0 unspecified atom stereocenters. The number of hydrogen-bond donors (Lipinski definition) is 0. The number of aromatic nitrogens is 2. The van der Waals surface area contributed by atoms with E-state index in [0.29, 0.717) is 29.0 Å². The van der Waals surface area contributed by atoms with Crippen LogP contribution in [0.4, 0.5) is 0 Å². The van der Waals surface area contributed by atoms with Gasteiger partial charge in [0.1, 0.15) is 29.8 Å². The minimum atomic E-state index is -0.657. The zero-order chi connectivity index (χ0) is 23.4. The van der Waals surface area contributed by atoms with E-state index in [1.807, 2.05) is 30.3 Å². The van der Waals surface area contributed by atoms with Crippen LogP contribution in [0.5, 0.6) is 11.5 Å². The highest BCUT2D eigenvalue weighted by molar-refractivity contribution is 5.85. The topological polar surface area (TPSA) is 79.7 Å². The van der Waals surface area contributed by atoms with E-state index in [4.69, 9.17) is 14.2 Å². The van der Waals surface area contributed by atoms with Crippen LogP contribution in [-0.4, -0.2) is 21.6 Å². The first kappa shape index (κ1) is 22.8. The van der Waals surface area contributed by atoms with Crippen LogP contribution in [0.15, 0.2) is 53.6 Å². The molecule has 0 saturated heterocycles. The van der Waals surface area contributed by atoms with Gasteiger partial charge >= 0.3 is 5.97 Å². The zero-order valence-corrected chi connectivity index (χ0v) is 19.4. The molecule has 0 bridgehead atoms. The van der Waals surface area contributed by atoms with Gasteiger partial charge < -0.3 is 14.2 Å². The molecule has 0 spiro atoms. The molecule has 1 aliphatic rings. The van der Waals surface area contributed by atoms with Crippen LogP contribution in [0.3, 0.4) is 0 Å². The molecule has 7 heteroatoms. The normalized spacial score (nSPS) is 14.4. The second-order valence-corrected chi connectivity index (χ2v) is 9.44. The highest BCUT2D eigenvalue weighted by Crippen LogP contribution is 2.32. The van der Waals surface area contributed by atoms with Crippen molar-refractivity contribution in [1.82, 2.24) is 9.55 Å². The first-order valence-electron chi connectivity index (χ1n) is 11.3. The number of hydrogen-bond acceptors (Lipinski definition) is 6. The van der Waals surface area contributed by atoms with Crippen LogP contribution < -0.4 is 15.0 Å². The summed E-state index contributed by atoms with van der Waals surface area (Å²) in [5.74, 6) is 0.654. The van der Waals surface area contributed by atoms with E-state index < -0.39 is 5.41 Å². The fourth-order valence-electron chi connectivity index (χ4n) is 3.76. The van der Waals surface area contributed by atoms with Gasteiger partial charge in [-0.2, -0.15) is 0 Å². The summed E-state index contributed by atoms with van der Waals surface area (Å²) in [6.07, 6.45) is 5.57. The molecule has 3 aromatic rings. The fraction of sp³-hybridized carbons (Fsp3) is 0.423. The summed E-state index contributed by atoms with van der Waals surface area (Å²) in [6.45, 7) is 5.49. The fourth-order valence-corrected chi connectivity index (χ4v) is 3.76. The number of esters is 1. The van der Waals surface area contributed by atoms with Crippen molar-refractivity contribution in [2.45, 2.75) is 65.9 Å². The third kappa shape index (κ3) is 5.53. The van der Waals surface area contributed by atoms with Crippen LogP contribution in [0.25, 0.3) is 10.9 Å². The molecule has 0 N–H and O–H groups in total. The summed E-state index contributed by atoms with van der Waals surface area (Å²) in [5.41, 5.74) is 0.552. The van der Waals surface area contributed by atoms with Crippen molar-refractivity contribution < 1.29 is 19.0 Å². The second kappa shape index (κ2) is 9.65. The summed E-state index contributed by atoms with van der Waals surface area (Å²) < 4.78 is 18.9. The molecular formula is C26H30N2O5. The number of ether oxygens (including phenoxy) is 3. The van der Waals surface area contributed by atoms with Gasteiger partial charge in [-0.15, -0.1) is 0 Å². The molecule has 0 radical (unpaired) electrons. The predicted octanol–water partition coefficient (Wildman–Crippen LogP) is 4.84. The molecule has 2 aromatic carbocycles. The Morgan fingerprint density at radius 1 is 1.12 bits per heavy atom. The molecule has 1 saturated carbocycles. The molecule has 0 atom stereocenters. The van der Waals surface area contributed by atoms with Gasteiger partial charge in [0, 0.05) is 12.1 Å². The van der Waals surface area contributed by atoms with Gasteiger partial charge in [-0.05, 0) is 52.0 Å². The second-order valence-electron chi connectivity index (χ2n) is 9.44. The molecule has 7 nitrogen and oxygen atoms in total. The Balaban J connectivity index is 1.65. The number of fused-ring (bicyclic) bond motifs is 1. The first-order chi connectivity index (χ1) is 15.8. The van der Waals surface area contributed by atoms with Crippen LogP contribution in [0.2, 0.25) is 0 Å². The van der Waals surface area contributed by atoms with Gasteiger partial charge in [-0.25, -0.2) is 4.98 Å². The van der Waals surface area contributed by atoms with E-state index in [1.54, 1.807) is 32.9 Å². The number of carbonyl (C=O) groups excluding carboxylic acids is 1. The van der Waals surface area contributed by atoms with Gasteiger partial charge in [-0.1, -0.05) is 30.3 Å². The van der Waals surface area contributed by atoms with Crippen molar-refractivity contribution in [3.8, 4) is 11.5 Å². The largest absolute Gasteiger partial charge is 0.489 e. The maximum absolute atomic E-state index is 13.3. The Bertz CT molecular complexity index is 1170. The smallest absolute Gasteiger partial charge is 0.312 e. The summed E-state index contributed by atoms with van der Waals surface area (Å²) >= 11 is 0. The molecule has 1 aromatic heterocycles. The summed E-state index contributed by atoms with van der Waals surface area (Å²) in [4.78, 5) is 29.9. The third-order valence-corrected chi connectivity index (χ3v) is 5.66. The molecule has 0 aliphatic heterocycles. The van der Waals surface area contributed by atoms with Gasteiger partial charge in [0.2, 0.25) is 0 Å². The standard InChI is InChI=1S/C26H30N2O5/c1-26(2,3)25(30)32-17-28-16-27-21-13-20(31-15-18-9-5-4-6-10-18)14-22(23(21)24(28)29)33-19-11-7-8-12-19/h4-6,9-10,13-14,16,19H,7-8,11-12,15,17H2,1-3H3. The Morgan fingerprint density at radius 3 is 2.55 bits per heavy atom. The van der Waals surface area contributed by atoms with E-state index in [9.17, 15) is 9.59 Å². The van der Waals surface area contributed by atoms with Crippen LogP contribution in [0, 0.1) is 5.41 Å². The van der Waals surface area contributed by atoms with Crippen molar-refractivity contribution >= 4 is 16.9 Å². The van der Waals surface area contributed by atoms with E-state index in [2.05, 4.69) is 4.98 Å². The first-order valence-corrected chi connectivity index (χ1v) is 11.3. The van der Waals surface area contributed by atoms with Gasteiger partial charge in [0.15, 0.2) is 6.73 Å². The minimum absolute atomic E-state index is 0.0596. The molecule has 1 aliphatic carbocycles. The molecule has 1 heterocycles. The highest BCUT2D eigenvalue weighted by Gasteiger charge is 2.24. The molecule has 4 rings (SSSR count). The summed E-state index contributed by atoms with van der Waals surface area (Å²) in [6, 6.07) is 13.4. The van der Waals surface area contributed by atoms with E-state index in [0.717, 1.165) is 31.2 Å². The van der Waals surface area contributed by atoms with Gasteiger partial charge in [0.25, 0.3) is 5.56 Å². The Hall–Kier alpha value is -3.35. The van der Waals surface area contributed by atoms with Crippen LogP contribution >= 0.6 is 0 Å². The number of benzene rings is 2.